The number of hydrogen-bond acceptors (Lipinski definition) is 2. The number of carbonyl (C=O) groups excluding carboxylic acids is 1. The van der Waals surface area contributed by atoms with Crippen LogP contribution in [0.15, 0.2) is 42.5 Å². The van der Waals surface area contributed by atoms with Crippen molar-refractivity contribution in [3.63, 3.8) is 0 Å². The van der Waals surface area contributed by atoms with E-state index in [2.05, 4.69) is 10.6 Å². The topological polar surface area (TPSA) is 61.4 Å². The molecule has 114 valence electrons. The number of fused-ring (bicyclic) bond motifs is 1. The van der Waals surface area contributed by atoms with Crippen molar-refractivity contribution in [1.82, 2.24) is 5.32 Å². The highest BCUT2D eigenvalue weighted by Crippen LogP contribution is 2.32. The first-order valence-electron chi connectivity index (χ1n) is 6.83. The van der Waals surface area contributed by atoms with Crippen molar-refractivity contribution in [2.24, 2.45) is 0 Å². The molecule has 0 saturated heterocycles. The third-order valence-electron chi connectivity index (χ3n) is 3.69. The molecule has 3 rings (SSSR count). The van der Waals surface area contributed by atoms with E-state index in [1.54, 1.807) is 18.2 Å². The zero-order valence-corrected chi connectivity index (χ0v) is 13.0. The van der Waals surface area contributed by atoms with Gasteiger partial charge in [-0.05, 0) is 23.3 Å². The Kier molecular flexibility index (Phi) is 4.25. The maximum absolute atomic E-state index is 12.2. The lowest BCUT2D eigenvalue weighted by atomic mass is 10.1. The smallest absolute Gasteiger partial charge is 0.319 e. The van der Waals surface area contributed by atoms with Gasteiger partial charge in [0.15, 0.2) is 0 Å². The van der Waals surface area contributed by atoms with Crippen LogP contribution in [-0.4, -0.2) is 17.2 Å². The Morgan fingerprint density at radius 2 is 1.91 bits per heavy atom. The zero-order valence-electron chi connectivity index (χ0n) is 11.5. The van der Waals surface area contributed by atoms with Gasteiger partial charge in [0, 0.05) is 6.42 Å². The van der Waals surface area contributed by atoms with E-state index in [-0.39, 0.29) is 5.02 Å². The molecule has 2 aromatic carbocycles. The van der Waals surface area contributed by atoms with Gasteiger partial charge in [0.1, 0.15) is 0 Å². The molecule has 22 heavy (non-hydrogen) atoms. The summed E-state index contributed by atoms with van der Waals surface area (Å²) >= 11 is 12.0. The Morgan fingerprint density at radius 1 is 1.14 bits per heavy atom. The monoisotopic (exact) mass is 336 g/mol. The fraction of sp³-hybridized carbons (Fsp3) is 0.188. The van der Waals surface area contributed by atoms with Crippen LogP contribution in [-0.2, 0) is 6.42 Å². The highest BCUT2D eigenvalue weighted by atomic mass is 35.5. The van der Waals surface area contributed by atoms with Gasteiger partial charge >= 0.3 is 6.03 Å². The van der Waals surface area contributed by atoms with Crippen LogP contribution in [0.3, 0.4) is 0 Å². The lowest BCUT2D eigenvalue weighted by molar-refractivity contribution is 0.144. The summed E-state index contributed by atoms with van der Waals surface area (Å²) in [4.78, 5) is 12.2. The van der Waals surface area contributed by atoms with Crippen molar-refractivity contribution in [3.05, 3.63) is 63.6 Å². The summed E-state index contributed by atoms with van der Waals surface area (Å²) in [5, 5.41) is 16.2. The minimum absolute atomic E-state index is 0.284. The van der Waals surface area contributed by atoms with Gasteiger partial charge in [0.05, 0.1) is 27.9 Å². The zero-order chi connectivity index (χ0) is 15.7. The molecule has 1 aliphatic carbocycles. The van der Waals surface area contributed by atoms with Gasteiger partial charge in [-0.25, -0.2) is 4.79 Å². The lowest BCUT2D eigenvalue weighted by Crippen LogP contribution is -2.36. The van der Waals surface area contributed by atoms with Crippen LogP contribution in [0.2, 0.25) is 10.0 Å². The molecule has 0 bridgehead atoms. The number of rotatable bonds is 2. The summed E-state index contributed by atoms with van der Waals surface area (Å²) in [6, 6.07) is 11.8. The van der Waals surface area contributed by atoms with Crippen LogP contribution in [0.1, 0.15) is 17.2 Å². The van der Waals surface area contributed by atoms with Gasteiger partial charge in [0.25, 0.3) is 0 Å². The van der Waals surface area contributed by atoms with Crippen LogP contribution in [0.5, 0.6) is 0 Å². The van der Waals surface area contributed by atoms with Crippen molar-refractivity contribution in [1.29, 1.82) is 0 Å². The number of nitrogens with one attached hydrogen (secondary N) is 2. The second-order valence-electron chi connectivity index (χ2n) is 5.15. The molecule has 2 amide bonds. The number of carbonyl (C=O) groups is 1. The predicted octanol–water partition coefficient (Wildman–Crippen LogP) is 3.77. The van der Waals surface area contributed by atoms with Crippen molar-refractivity contribution in [3.8, 4) is 0 Å². The molecular formula is C16H14Cl2N2O2. The highest BCUT2D eigenvalue weighted by Gasteiger charge is 2.31. The maximum atomic E-state index is 12.2. The van der Waals surface area contributed by atoms with Gasteiger partial charge < -0.3 is 15.7 Å². The number of aliphatic hydroxyl groups is 1. The Bertz CT molecular complexity index is 721. The first-order chi connectivity index (χ1) is 10.6. The number of amides is 2. The summed E-state index contributed by atoms with van der Waals surface area (Å²) in [5.74, 6) is 0. The molecule has 2 atom stereocenters. The van der Waals surface area contributed by atoms with Crippen LogP contribution in [0.25, 0.3) is 0 Å². The number of benzene rings is 2. The normalized spacial score (nSPS) is 19.6. The Labute approximate surface area is 138 Å². The second kappa shape index (κ2) is 6.16. The van der Waals surface area contributed by atoms with Gasteiger partial charge in [0.2, 0.25) is 0 Å². The van der Waals surface area contributed by atoms with Crippen LogP contribution >= 0.6 is 23.2 Å². The van der Waals surface area contributed by atoms with Crippen molar-refractivity contribution in [2.45, 2.75) is 18.6 Å². The Hall–Kier alpha value is -1.75. The molecule has 4 nitrogen and oxygen atoms in total. The average molecular weight is 337 g/mol. The molecular weight excluding hydrogens is 323 g/mol. The number of aliphatic hydroxyl groups excluding tert-OH is 1. The first-order valence-corrected chi connectivity index (χ1v) is 7.59. The minimum Gasteiger partial charge on any atom is -0.390 e. The Morgan fingerprint density at radius 3 is 2.73 bits per heavy atom. The third kappa shape index (κ3) is 2.90. The van der Waals surface area contributed by atoms with E-state index in [9.17, 15) is 9.90 Å². The summed E-state index contributed by atoms with van der Waals surface area (Å²) < 4.78 is 0. The van der Waals surface area contributed by atoms with Crippen LogP contribution in [0.4, 0.5) is 10.5 Å². The summed E-state index contributed by atoms with van der Waals surface area (Å²) in [5.41, 5.74) is 2.40. The van der Waals surface area contributed by atoms with Gasteiger partial charge in [-0.3, -0.25) is 0 Å². The molecule has 0 fully saturated rings. The molecule has 1 aliphatic rings. The van der Waals surface area contributed by atoms with E-state index < -0.39 is 18.2 Å². The van der Waals surface area contributed by atoms with E-state index in [4.69, 9.17) is 23.2 Å². The summed E-state index contributed by atoms with van der Waals surface area (Å²) in [7, 11) is 0. The van der Waals surface area contributed by atoms with E-state index in [1.807, 2.05) is 24.3 Å². The Balaban J connectivity index is 1.74. The van der Waals surface area contributed by atoms with Gasteiger partial charge in [-0.1, -0.05) is 53.5 Å². The molecule has 0 radical (unpaired) electrons. The largest absolute Gasteiger partial charge is 0.390 e. The average Bonchev–Trinajstić information content (AvgIpc) is 2.80. The van der Waals surface area contributed by atoms with E-state index in [0.717, 1.165) is 11.1 Å². The van der Waals surface area contributed by atoms with Gasteiger partial charge in [-0.15, -0.1) is 0 Å². The van der Waals surface area contributed by atoms with E-state index in [1.165, 1.54) is 0 Å². The first kappa shape index (κ1) is 15.2. The lowest BCUT2D eigenvalue weighted by Gasteiger charge is -2.18. The minimum atomic E-state index is -0.641. The SMILES string of the molecule is O=C(Nc1cccc(Cl)c1Cl)N[C@@H]1c2ccccc2C[C@@H]1O. The molecule has 0 unspecified atom stereocenters. The van der Waals surface area contributed by atoms with Crippen molar-refractivity contribution < 1.29 is 9.90 Å². The summed E-state index contributed by atoms with van der Waals surface area (Å²) in [6.45, 7) is 0. The van der Waals surface area contributed by atoms with E-state index in [0.29, 0.717) is 17.1 Å². The summed E-state index contributed by atoms with van der Waals surface area (Å²) in [6.07, 6.45) is -0.114. The predicted molar refractivity (Wildman–Crippen MR) is 87.5 cm³/mol. The number of anilines is 1. The maximum Gasteiger partial charge on any atom is 0.319 e. The number of halogens is 2. The fourth-order valence-electron chi connectivity index (χ4n) is 2.65. The number of urea groups is 1. The third-order valence-corrected chi connectivity index (χ3v) is 4.51. The molecule has 0 aliphatic heterocycles. The van der Waals surface area contributed by atoms with Crippen molar-refractivity contribution >= 4 is 34.9 Å². The highest BCUT2D eigenvalue weighted by molar-refractivity contribution is 6.43. The molecule has 0 saturated carbocycles. The molecule has 2 aromatic rings. The molecule has 0 spiro atoms. The van der Waals surface area contributed by atoms with Crippen LogP contribution in [0, 0.1) is 0 Å². The van der Waals surface area contributed by atoms with Crippen molar-refractivity contribution in [2.75, 3.05) is 5.32 Å². The molecule has 0 heterocycles. The quantitative estimate of drug-likeness (QED) is 0.781. The second-order valence-corrected chi connectivity index (χ2v) is 5.93. The molecule has 6 heteroatoms. The molecule has 0 aromatic heterocycles. The van der Waals surface area contributed by atoms with Crippen LogP contribution < -0.4 is 10.6 Å². The van der Waals surface area contributed by atoms with Gasteiger partial charge in [-0.2, -0.15) is 0 Å². The number of hydrogen-bond donors (Lipinski definition) is 3. The van der Waals surface area contributed by atoms with E-state index >= 15 is 0 Å². The molecule has 3 N–H and O–H groups in total. The fourth-order valence-corrected chi connectivity index (χ4v) is 3.00. The standard InChI is InChI=1S/C16H14Cl2N2O2/c17-11-6-3-7-12(14(11)18)19-16(22)20-15-10-5-2-1-4-9(10)8-13(15)21/h1-7,13,15,21H,8H2,(H2,19,20,22)/t13-,15+/m0/s1.